The molecule has 0 fully saturated rings. The quantitative estimate of drug-likeness (QED) is 0.769. The molecule has 0 bridgehead atoms. The largest absolute Gasteiger partial charge is 0.385 e. The number of nitrogens with one attached hydrogen (secondary N) is 2. The molecule has 0 aliphatic carbocycles. The van der Waals surface area contributed by atoms with E-state index < -0.39 is 0 Å². The Labute approximate surface area is 142 Å². The molecule has 0 saturated heterocycles. The monoisotopic (exact) mass is 326 g/mol. The molecule has 0 aliphatic heterocycles. The Morgan fingerprint density at radius 2 is 1.58 bits per heavy atom. The molecular weight excluding hydrogens is 304 g/mol. The van der Waals surface area contributed by atoms with Crippen molar-refractivity contribution in [2.75, 3.05) is 25.6 Å². The fourth-order valence-electron chi connectivity index (χ4n) is 2.20. The molecule has 0 saturated carbocycles. The van der Waals surface area contributed by atoms with E-state index in [9.17, 15) is 9.59 Å². The number of ether oxygens (including phenoxy) is 1. The summed E-state index contributed by atoms with van der Waals surface area (Å²) in [6.45, 7) is 3.10. The van der Waals surface area contributed by atoms with Crippen LogP contribution in [0.2, 0.25) is 0 Å². The van der Waals surface area contributed by atoms with Crippen LogP contribution in [-0.4, -0.2) is 32.1 Å². The lowest BCUT2D eigenvalue weighted by Crippen LogP contribution is -2.25. The van der Waals surface area contributed by atoms with E-state index in [0.29, 0.717) is 24.3 Å². The molecule has 0 aromatic heterocycles. The summed E-state index contributed by atoms with van der Waals surface area (Å²) in [6.07, 6.45) is 0.763. The van der Waals surface area contributed by atoms with Gasteiger partial charge in [-0.1, -0.05) is 18.2 Å². The first-order valence-corrected chi connectivity index (χ1v) is 7.86. The van der Waals surface area contributed by atoms with Crippen molar-refractivity contribution >= 4 is 17.5 Å². The summed E-state index contributed by atoms with van der Waals surface area (Å²) in [4.78, 5) is 24.2. The summed E-state index contributed by atoms with van der Waals surface area (Å²) in [6, 6.07) is 14.2. The highest BCUT2D eigenvalue weighted by atomic mass is 16.5. The molecule has 2 aromatic rings. The number of carbonyl (C=O) groups is 2. The van der Waals surface area contributed by atoms with Crippen molar-refractivity contribution < 1.29 is 14.3 Å². The Kier molecular flexibility index (Phi) is 6.51. The molecule has 5 heteroatoms. The van der Waals surface area contributed by atoms with E-state index in [2.05, 4.69) is 10.6 Å². The van der Waals surface area contributed by atoms with Crippen LogP contribution in [0.1, 0.15) is 32.7 Å². The van der Waals surface area contributed by atoms with Gasteiger partial charge in [-0.15, -0.1) is 0 Å². The number of hydrogen-bond donors (Lipinski definition) is 2. The Morgan fingerprint density at radius 1 is 0.958 bits per heavy atom. The molecule has 0 heterocycles. The van der Waals surface area contributed by atoms with E-state index in [4.69, 9.17) is 4.74 Å². The molecule has 0 unspecified atom stereocenters. The summed E-state index contributed by atoms with van der Waals surface area (Å²) in [5.41, 5.74) is 2.81. The highest BCUT2D eigenvalue weighted by molar-refractivity contribution is 6.05. The van der Waals surface area contributed by atoms with Gasteiger partial charge in [-0.05, 0) is 49.2 Å². The van der Waals surface area contributed by atoms with Crippen molar-refractivity contribution in [2.24, 2.45) is 0 Å². The second-order valence-electron chi connectivity index (χ2n) is 5.45. The normalized spacial score (nSPS) is 10.2. The Morgan fingerprint density at radius 3 is 2.21 bits per heavy atom. The molecule has 2 aromatic carbocycles. The first-order valence-electron chi connectivity index (χ1n) is 7.86. The minimum Gasteiger partial charge on any atom is -0.385 e. The number of rotatable bonds is 7. The first kappa shape index (κ1) is 17.7. The number of para-hydroxylation sites is 1. The Hall–Kier alpha value is -2.66. The van der Waals surface area contributed by atoms with Crippen molar-refractivity contribution in [1.82, 2.24) is 5.32 Å². The van der Waals surface area contributed by atoms with E-state index in [0.717, 1.165) is 17.7 Å². The van der Waals surface area contributed by atoms with Crippen LogP contribution in [0, 0.1) is 6.92 Å². The molecule has 0 spiro atoms. The zero-order valence-corrected chi connectivity index (χ0v) is 14.0. The maximum absolute atomic E-state index is 12.3. The molecule has 0 aliphatic rings. The van der Waals surface area contributed by atoms with E-state index in [1.54, 1.807) is 31.4 Å². The number of amides is 2. The van der Waals surface area contributed by atoms with Crippen LogP contribution in [0.4, 0.5) is 5.69 Å². The van der Waals surface area contributed by atoms with Gasteiger partial charge in [-0.3, -0.25) is 9.59 Å². The SMILES string of the molecule is COCCCNC(=O)c1ccc(C(=O)Nc2ccccc2C)cc1. The standard InChI is InChI=1S/C19H22N2O3/c1-14-6-3-4-7-17(14)21-19(23)16-10-8-15(9-11-16)18(22)20-12-5-13-24-2/h3-4,6-11H,5,12-13H2,1-2H3,(H,20,22)(H,21,23). The first-order chi connectivity index (χ1) is 11.6. The van der Waals surface area contributed by atoms with Crippen molar-refractivity contribution in [3.05, 3.63) is 65.2 Å². The second-order valence-corrected chi connectivity index (χ2v) is 5.45. The number of hydrogen-bond acceptors (Lipinski definition) is 3. The zero-order chi connectivity index (χ0) is 17.4. The Balaban J connectivity index is 1.95. The van der Waals surface area contributed by atoms with Gasteiger partial charge in [0.05, 0.1) is 0 Å². The molecule has 2 N–H and O–H groups in total. The molecule has 0 radical (unpaired) electrons. The third-order valence-corrected chi connectivity index (χ3v) is 3.61. The average molecular weight is 326 g/mol. The summed E-state index contributed by atoms with van der Waals surface area (Å²) < 4.78 is 4.93. The molecule has 0 atom stereocenters. The van der Waals surface area contributed by atoms with Crippen molar-refractivity contribution in [2.45, 2.75) is 13.3 Å². The highest BCUT2D eigenvalue weighted by Crippen LogP contribution is 2.15. The summed E-state index contributed by atoms with van der Waals surface area (Å²) in [5.74, 6) is -0.353. The third-order valence-electron chi connectivity index (χ3n) is 3.61. The number of anilines is 1. The van der Waals surface area contributed by atoms with E-state index >= 15 is 0 Å². The smallest absolute Gasteiger partial charge is 0.255 e. The van der Waals surface area contributed by atoms with Crippen molar-refractivity contribution in [3.8, 4) is 0 Å². The van der Waals surface area contributed by atoms with E-state index in [1.807, 2.05) is 31.2 Å². The van der Waals surface area contributed by atoms with E-state index in [-0.39, 0.29) is 11.8 Å². The van der Waals surface area contributed by atoms with E-state index in [1.165, 1.54) is 0 Å². The summed E-state index contributed by atoms with van der Waals surface area (Å²) in [5, 5.41) is 5.68. The van der Waals surface area contributed by atoms with Crippen molar-refractivity contribution in [3.63, 3.8) is 0 Å². The molecule has 5 nitrogen and oxygen atoms in total. The number of carbonyl (C=O) groups excluding carboxylic acids is 2. The van der Waals surface area contributed by atoms with Gasteiger partial charge in [0.1, 0.15) is 0 Å². The third kappa shape index (κ3) is 4.93. The number of aryl methyl sites for hydroxylation is 1. The molecule has 2 rings (SSSR count). The van der Waals surface area contributed by atoms with Crippen molar-refractivity contribution in [1.29, 1.82) is 0 Å². The summed E-state index contributed by atoms with van der Waals surface area (Å²) >= 11 is 0. The Bertz CT molecular complexity index is 696. The minimum atomic E-state index is -0.198. The van der Waals surface area contributed by atoms with Crippen LogP contribution in [-0.2, 0) is 4.74 Å². The van der Waals surface area contributed by atoms with Gasteiger partial charge >= 0.3 is 0 Å². The van der Waals surface area contributed by atoms with Gasteiger partial charge in [0.2, 0.25) is 0 Å². The molecule has 126 valence electrons. The van der Waals surface area contributed by atoms with Gasteiger partial charge < -0.3 is 15.4 Å². The van der Waals surface area contributed by atoms with Gasteiger partial charge in [0.15, 0.2) is 0 Å². The van der Waals surface area contributed by atoms with Gasteiger partial charge in [-0.25, -0.2) is 0 Å². The predicted molar refractivity (Wildman–Crippen MR) is 94.4 cm³/mol. The fourth-order valence-corrected chi connectivity index (χ4v) is 2.20. The minimum absolute atomic E-state index is 0.156. The van der Waals surface area contributed by atoms with Crippen LogP contribution < -0.4 is 10.6 Å². The second kappa shape index (κ2) is 8.84. The van der Waals surface area contributed by atoms with Crippen LogP contribution in [0.15, 0.2) is 48.5 Å². The zero-order valence-electron chi connectivity index (χ0n) is 14.0. The highest BCUT2D eigenvalue weighted by Gasteiger charge is 2.09. The van der Waals surface area contributed by atoms with Gasteiger partial charge in [0, 0.05) is 37.1 Å². The topological polar surface area (TPSA) is 67.4 Å². The number of benzene rings is 2. The average Bonchev–Trinajstić information content (AvgIpc) is 2.60. The van der Waals surface area contributed by atoms with Crippen LogP contribution in [0.5, 0.6) is 0 Å². The lowest BCUT2D eigenvalue weighted by Gasteiger charge is -2.09. The van der Waals surface area contributed by atoms with Gasteiger partial charge in [0.25, 0.3) is 11.8 Å². The van der Waals surface area contributed by atoms with Crippen LogP contribution >= 0.6 is 0 Å². The van der Waals surface area contributed by atoms with Crippen LogP contribution in [0.3, 0.4) is 0 Å². The number of methoxy groups -OCH3 is 1. The lowest BCUT2D eigenvalue weighted by molar-refractivity contribution is 0.0947. The molecule has 2 amide bonds. The molecular formula is C19H22N2O3. The maximum atomic E-state index is 12.3. The maximum Gasteiger partial charge on any atom is 0.255 e. The lowest BCUT2D eigenvalue weighted by atomic mass is 10.1. The van der Waals surface area contributed by atoms with Crippen LogP contribution in [0.25, 0.3) is 0 Å². The van der Waals surface area contributed by atoms with Gasteiger partial charge in [-0.2, -0.15) is 0 Å². The predicted octanol–water partition coefficient (Wildman–Crippen LogP) is 3.01. The molecule has 24 heavy (non-hydrogen) atoms. The summed E-state index contributed by atoms with van der Waals surface area (Å²) in [7, 11) is 1.63. The fraction of sp³-hybridized carbons (Fsp3) is 0.263.